The second-order valence-corrected chi connectivity index (χ2v) is 4.47. The first-order valence-electron chi connectivity index (χ1n) is 5.73. The molecule has 0 saturated carbocycles. The van der Waals surface area contributed by atoms with Gasteiger partial charge in [0.25, 0.3) is 5.91 Å². The normalized spacial score (nSPS) is 10.3. The molecule has 0 aliphatic heterocycles. The third-order valence-electron chi connectivity index (χ3n) is 2.69. The van der Waals surface area contributed by atoms with E-state index in [1.807, 2.05) is 48.3 Å². The quantitative estimate of drug-likeness (QED) is 0.845. The van der Waals surface area contributed by atoms with Crippen LogP contribution in [-0.4, -0.2) is 10.5 Å². The monoisotopic (exact) mass is 262 g/mol. The van der Waals surface area contributed by atoms with Crippen molar-refractivity contribution in [1.29, 1.82) is 0 Å². The fourth-order valence-corrected chi connectivity index (χ4v) is 1.91. The molecular weight excluding hydrogens is 248 g/mol. The first kappa shape index (κ1) is 12.7. The minimum atomic E-state index is -0.0779. The molecule has 94 valence electrons. The molecule has 0 aliphatic rings. The van der Waals surface area contributed by atoms with Gasteiger partial charge in [0.2, 0.25) is 0 Å². The lowest BCUT2D eigenvalue weighted by Crippen LogP contribution is -2.22. The Kier molecular flexibility index (Phi) is 4.05. The Morgan fingerprint density at radius 3 is 2.83 bits per heavy atom. The number of nitrogens with one attached hydrogen (secondary N) is 1. The second-order valence-electron chi connectivity index (χ2n) is 4.20. The van der Waals surface area contributed by atoms with Gasteiger partial charge in [-0.05, 0) is 29.3 Å². The van der Waals surface area contributed by atoms with Gasteiger partial charge in [-0.15, -0.1) is 11.6 Å². The molecule has 2 aromatic rings. The molecule has 0 aliphatic carbocycles. The van der Waals surface area contributed by atoms with Crippen molar-refractivity contribution in [1.82, 2.24) is 9.88 Å². The number of benzene rings is 1. The highest BCUT2D eigenvalue weighted by atomic mass is 35.5. The molecule has 0 spiro atoms. The minimum Gasteiger partial charge on any atom is -0.357 e. The van der Waals surface area contributed by atoms with Crippen LogP contribution >= 0.6 is 11.6 Å². The van der Waals surface area contributed by atoms with Crippen molar-refractivity contribution in [3.05, 3.63) is 59.4 Å². The van der Waals surface area contributed by atoms with E-state index in [1.54, 1.807) is 6.07 Å². The van der Waals surface area contributed by atoms with E-state index in [-0.39, 0.29) is 5.91 Å². The average Bonchev–Trinajstić information content (AvgIpc) is 2.82. The van der Waals surface area contributed by atoms with Gasteiger partial charge >= 0.3 is 0 Å². The van der Waals surface area contributed by atoms with Crippen LogP contribution < -0.4 is 5.32 Å². The summed E-state index contributed by atoms with van der Waals surface area (Å²) in [6.45, 7) is 0.533. The average molecular weight is 263 g/mol. The van der Waals surface area contributed by atoms with Crippen molar-refractivity contribution >= 4 is 17.5 Å². The van der Waals surface area contributed by atoms with E-state index in [9.17, 15) is 4.79 Å². The van der Waals surface area contributed by atoms with Crippen LogP contribution in [0.3, 0.4) is 0 Å². The van der Waals surface area contributed by atoms with Crippen molar-refractivity contribution in [2.24, 2.45) is 7.05 Å². The molecule has 1 aromatic carbocycles. The Balaban J connectivity index is 1.99. The van der Waals surface area contributed by atoms with E-state index in [1.165, 1.54) is 0 Å². The van der Waals surface area contributed by atoms with E-state index in [4.69, 9.17) is 11.6 Å². The molecule has 0 radical (unpaired) electrons. The topological polar surface area (TPSA) is 34.0 Å². The SMILES string of the molecule is Cn1ccc(CNC(=O)c2cccc(CCl)c2)c1. The highest BCUT2D eigenvalue weighted by molar-refractivity contribution is 6.17. The zero-order valence-corrected chi connectivity index (χ0v) is 10.9. The van der Waals surface area contributed by atoms with Gasteiger partial charge in [0, 0.05) is 37.4 Å². The van der Waals surface area contributed by atoms with Crippen LogP contribution in [0.4, 0.5) is 0 Å². The highest BCUT2D eigenvalue weighted by Gasteiger charge is 2.06. The number of carbonyl (C=O) groups excluding carboxylic acids is 1. The number of amides is 1. The van der Waals surface area contributed by atoms with Crippen LogP contribution in [0.5, 0.6) is 0 Å². The highest BCUT2D eigenvalue weighted by Crippen LogP contribution is 2.08. The van der Waals surface area contributed by atoms with Gasteiger partial charge < -0.3 is 9.88 Å². The summed E-state index contributed by atoms with van der Waals surface area (Å²) in [5.74, 6) is 0.339. The molecule has 3 nitrogen and oxygen atoms in total. The first-order valence-corrected chi connectivity index (χ1v) is 6.26. The lowest BCUT2D eigenvalue weighted by molar-refractivity contribution is 0.0951. The molecule has 0 saturated heterocycles. The van der Waals surface area contributed by atoms with E-state index < -0.39 is 0 Å². The maximum absolute atomic E-state index is 11.9. The summed E-state index contributed by atoms with van der Waals surface area (Å²) in [6, 6.07) is 9.33. The van der Waals surface area contributed by atoms with Crippen LogP contribution in [-0.2, 0) is 19.5 Å². The van der Waals surface area contributed by atoms with Crippen LogP contribution in [0.25, 0.3) is 0 Å². The van der Waals surface area contributed by atoms with Gasteiger partial charge in [0.15, 0.2) is 0 Å². The molecule has 1 N–H and O–H groups in total. The molecule has 0 atom stereocenters. The van der Waals surface area contributed by atoms with Gasteiger partial charge in [-0.3, -0.25) is 4.79 Å². The number of rotatable bonds is 4. The van der Waals surface area contributed by atoms with Gasteiger partial charge in [0.05, 0.1) is 0 Å². The van der Waals surface area contributed by atoms with E-state index in [0.29, 0.717) is 18.0 Å². The Labute approximate surface area is 111 Å². The molecule has 0 unspecified atom stereocenters. The molecule has 0 fully saturated rings. The number of nitrogens with zero attached hydrogens (tertiary/aromatic N) is 1. The lowest BCUT2D eigenvalue weighted by atomic mass is 10.1. The van der Waals surface area contributed by atoms with Crippen LogP contribution in [0.2, 0.25) is 0 Å². The molecule has 1 heterocycles. The summed E-state index contributed by atoms with van der Waals surface area (Å²) >= 11 is 5.74. The summed E-state index contributed by atoms with van der Waals surface area (Å²) < 4.78 is 1.95. The van der Waals surface area contributed by atoms with Crippen LogP contribution in [0.15, 0.2) is 42.7 Å². The summed E-state index contributed by atoms with van der Waals surface area (Å²) in [4.78, 5) is 11.9. The number of carbonyl (C=O) groups is 1. The third kappa shape index (κ3) is 3.14. The third-order valence-corrected chi connectivity index (χ3v) is 3.00. The zero-order valence-electron chi connectivity index (χ0n) is 10.2. The largest absolute Gasteiger partial charge is 0.357 e. The van der Waals surface area contributed by atoms with Crippen LogP contribution in [0.1, 0.15) is 21.5 Å². The Morgan fingerprint density at radius 1 is 1.33 bits per heavy atom. The van der Waals surface area contributed by atoms with Gasteiger partial charge in [-0.1, -0.05) is 12.1 Å². The lowest BCUT2D eigenvalue weighted by Gasteiger charge is -2.05. The predicted molar refractivity (Wildman–Crippen MR) is 72.6 cm³/mol. The standard InChI is InChI=1S/C14H15ClN2O/c1-17-6-5-12(10-17)9-16-14(18)13-4-2-3-11(7-13)8-15/h2-7,10H,8-9H2,1H3,(H,16,18). The summed E-state index contributed by atoms with van der Waals surface area (Å²) in [6.07, 6.45) is 3.94. The molecule has 2 rings (SSSR count). The Morgan fingerprint density at radius 2 is 2.17 bits per heavy atom. The molecule has 0 bridgehead atoms. The first-order chi connectivity index (χ1) is 8.69. The fraction of sp³-hybridized carbons (Fsp3) is 0.214. The molecular formula is C14H15ClN2O. The van der Waals surface area contributed by atoms with E-state index >= 15 is 0 Å². The van der Waals surface area contributed by atoms with Crippen molar-refractivity contribution in [3.63, 3.8) is 0 Å². The van der Waals surface area contributed by atoms with Gasteiger partial charge in [0.1, 0.15) is 0 Å². The molecule has 4 heteroatoms. The number of aryl methyl sites for hydroxylation is 1. The number of hydrogen-bond acceptors (Lipinski definition) is 1. The maximum atomic E-state index is 11.9. The van der Waals surface area contributed by atoms with Crippen molar-refractivity contribution in [2.45, 2.75) is 12.4 Å². The minimum absolute atomic E-state index is 0.0779. The number of halogens is 1. The van der Waals surface area contributed by atoms with Crippen LogP contribution in [0, 0.1) is 0 Å². The van der Waals surface area contributed by atoms with Gasteiger partial charge in [-0.25, -0.2) is 0 Å². The predicted octanol–water partition coefficient (Wildman–Crippen LogP) is 2.69. The summed E-state index contributed by atoms with van der Waals surface area (Å²) in [7, 11) is 1.95. The number of alkyl halides is 1. The van der Waals surface area contributed by atoms with E-state index in [2.05, 4.69) is 5.32 Å². The second kappa shape index (κ2) is 5.74. The molecule has 18 heavy (non-hydrogen) atoms. The van der Waals surface area contributed by atoms with Crippen molar-refractivity contribution in [3.8, 4) is 0 Å². The summed E-state index contributed by atoms with van der Waals surface area (Å²) in [5.41, 5.74) is 2.67. The maximum Gasteiger partial charge on any atom is 0.251 e. The van der Waals surface area contributed by atoms with Crippen molar-refractivity contribution in [2.75, 3.05) is 0 Å². The number of hydrogen-bond donors (Lipinski definition) is 1. The van der Waals surface area contributed by atoms with E-state index in [0.717, 1.165) is 11.1 Å². The molecule has 1 aromatic heterocycles. The Hall–Kier alpha value is -1.74. The van der Waals surface area contributed by atoms with Gasteiger partial charge in [-0.2, -0.15) is 0 Å². The van der Waals surface area contributed by atoms with Crippen molar-refractivity contribution < 1.29 is 4.79 Å². The Bertz CT molecular complexity index is 548. The summed E-state index contributed by atoms with van der Waals surface area (Å²) in [5, 5.41) is 2.88. The smallest absolute Gasteiger partial charge is 0.251 e. The fourth-order valence-electron chi connectivity index (χ4n) is 1.75. The zero-order chi connectivity index (χ0) is 13.0. The number of aromatic nitrogens is 1. The molecule has 1 amide bonds.